The van der Waals surface area contributed by atoms with E-state index >= 15 is 0 Å². The molecule has 0 aliphatic carbocycles. The van der Waals surface area contributed by atoms with Gasteiger partial charge in [-0.25, -0.2) is 0 Å². The van der Waals surface area contributed by atoms with Gasteiger partial charge < -0.3 is 20.1 Å². The smallest absolute Gasteiger partial charge is 0.230 e. The minimum absolute atomic E-state index is 0.0649. The van der Waals surface area contributed by atoms with Crippen molar-refractivity contribution in [1.29, 1.82) is 0 Å². The Bertz CT molecular complexity index is 713. The van der Waals surface area contributed by atoms with Gasteiger partial charge >= 0.3 is 0 Å². The molecule has 1 heterocycles. The zero-order valence-corrected chi connectivity index (χ0v) is 13.8. The van der Waals surface area contributed by atoms with E-state index in [1.165, 1.54) is 0 Å². The number of anilines is 2. The van der Waals surface area contributed by atoms with E-state index in [-0.39, 0.29) is 5.91 Å². The molecular weight excluding hydrogens is 304 g/mol. The summed E-state index contributed by atoms with van der Waals surface area (Å²) in [6.45, 7) is 1.08. The number of nitrogen functional groups attached to an aromatic ring is 1. The van der Waals surface area contributed by atoms with Gasteiger partial charge in [0.25, 0.3) is 0 Å². The fourth-order valence-electron chi connectivity index (χ4n) is 2.97. The quantitative estimate of drug-likeness (QED) is 0.858. The Labute approximate surface area is 142 Å². The van der Waals surface area contributed by atoms with E-state index < -0.39 is 0 Å². The Morgan fingerprint density at radius 1 is 1.17 bits per heavy atom. The van der Waals surface area contributed by atoms with E-state index in [1.54, 1.807) is 7.11 Å². The number of hydrogen-bond acceptors (Lipinski definition) is 4. The number of benzene rings is 2. The highest BCUT2D eigenvalue weighted by Gasteiger charge is 2.23. The molecule has 0 radical (unpaired) electrons. The summed E-state index contributed by atoms with van der Waals surface area (Å²) in [5.74, 6) is 1.57. The lowest BCUT2D eigenvalue weighted by molar-refractivity contribution is -0.119. The topological polar surface area (TPSA) is 64.8 Å². The van der Waals surface area contributed by atoms with Gasteiger partial charge in [-0.1, -0.05) is 6.07 Å². The zero-order valence-electron chi connectivity index (χ0n) is 13.8. The summed E-state index contributed by atoms with van der Waals surface area (Å²) < 4.78 is 10.8. The molecule has 3 rings (SSSR count). The summed E-state index contributed by atoms with van der Waals surface area (Å²) in [4.78, 5) is 14.4. The van der Waals surface area contributed by atoms with Gasteiger partial charge in [0, 0.05) is 17.9 Å². The molecule has 0 fully saturated rings. The van der Waals surface area contributed by atoms with Crippen molar-refractivity contribution in [1.82, 2.24) is 0 Å². The summed E-state index contributed by atoms with van der Waals surface area (Å²) in [5, 5.41) is 0. The standard InChI is InChI=1S/C19H22N2O3/c1-23-14-7-9-15(10-8-14)24-13-11-19(22)21-12-3-4-16-17(20)5-2-6-18(16)21/h2,5-10H,3-4,11-13,20H2,1H3. The monoisotopic (exact) mass is 326 g/mol. The molecule has 2 N–H and O–H groups in total. The first kappa shape index (κ1) is 16.2. The average Bonchev–Trinajstić information content (AvgIpc) is 2.62. The lowest BCUT2D eigenvalue weighted by atomic mass is 9.99. The van der Waals surface area contributed by atoms with E-state index in [0.29, 0.717) is 13.0 Å². The second-order valence-corrected chi connectivity index (χ2v) is 5.77. The van der Waals surface area contributed by atoms with Crippen LogP contribution >= 0.6 is 0 Å². The van der Waals surface area contributed by atoms with Crippen LogP contribution in [0.3, 0.4) is 0 Å². The number of nitrogens with zero attached hydrogens (tertiary/aromatic N) is 1. The van der Waals surface area contributed by atoms with Crippen LogP contribution in [0.5, 0.6) is 11.5 Å². The molecule has 1 aliphatic heterocycles. The van der Waals surface area contributed by atoms with Crippen LogP contribution in [0, 0.1) is 0 Å². The van der Waals surface area contributed by atoms with Crippen LogP contribution in [0.15, 0.2) is 42.5 Å². The van der Waals surface area contributed by atoms with Crippen molar-refractivity contribution in [3.8, 4) is 11.5 Å². The maximum Gasteiger partial charge on any atom is 0.230 e. The summed E-state index contributed by atoms with van der Waals surface area (Å²) in [6.07, 6.45) is 2.20. The van der Waals surface area contributed by atoms with Crippen molar-refractivity contribution in [3.05, 3.63) is 48.0 Å². The first-order valence-electron chi connectivity index (χ1n) is 8.13. The summed E-state index contributed by atoms with van der Waals surface area (Å²) in [5.41, 5.74) is 8.81. The Hall–Kier alpha value is -2.69. The van der Waals surface area contributed by atoms with Crippen LogP contribution in [-0.2, 0) is 11.2 Å². The molecule has 2 aromatic carbocycles. The highest BCUT2D eigenvalue weighted by molar-refractivity contribution is 5.95. The van der Waals surface area contributed by atoms with Gasteiger partial charge in [0.05, 0.1) is 20.1 Å². The average molecular weight is 326 g/mol. The number of hydrogen-bond donors (Lipinski definition) is 1. The molecule has 24 heavy (non-hydrogen) atoms. The van der Waals surface area contributed by atoms with Gasteiger partial charge in [-0.3, -0.25) is 4.79 Å². The van der Waals surface area contributed by atoms with Gasteiger partial charge in [-0.15, -0.1) is 0 Å². The number of carbonyl (C=O) groups is 1. The van der Waals surface area contributed by atoms with E-state index in [2.05, 4.69) is 0 Å². The minimum atomic E-state index is 0.0649. The van der Waals surface area contributed by atoms with E-state index in [0.717, 1.165) is 47.8 Å². The molecule has 5 nitrogen and oxygen atoms in total. The van der Waals surface area contributed by atoms with Crippen molar-refractivity contribution in [2.75, 3.05) is 30.9 Å². The molecule has 5 heteroatoms. The lowest BCUT2D eigenvalue weighted by Crippen LogP contribution is -2.36. The van der Waals surface area contributed by atoms with Crippen molar-refractivity contribution in [2.45, 2.75) is 19.3 Å². The van der Waals surface area contributed by atoms with E-state index in [9.17, 15) is 4.79 Å². The zero-order chi connectivity index (χ0) is 16.9. The first-order chi connectivity index (χ1) is 11.7. The molecule has 0 atom stereocenters. The number of carbonyl (C=O) groups excluding carboxylic acids is 1. The minimum Gasteiger partial charge on any atom is -0.497 e. The van der Waals surface area contributed by atoms with Gasteiger partial charge in [0.1, 0.15) is 11.5 Å². The predicted octanol–water partition coefficient (Wildman–Crippen LogP) is 3.03. The normalized spacial score (nSPS) is 13.3. The number of methoxy groups -OCH3 is 1. The summed E-state index contributed by atoms with van der Waals surface area (Å²) in [7, 11) is 1.62. The molecule has 1 aliphatic rings. The lowest BCUT2D eigenvalue weighted by Gasteiger charge is -2.30. The van der Waals surface area contributed by atoms with Crippen LogP contribution in [0.2, 0.25) is 0 Å². The van der Waals surface area contributed by atoms with Crippen LogP contribution in [0.4, 0.5) is 11.4 Å². The third kappa shape index (κ3) is 3.45. The van der Waals surface area contributed by atoms with Crippen molar-refractivity contribution < 1.29 is 14.3 Å². The number of amides is 1. The number of ether oxygens (including phenoxy) is 2. The Balaban J connectivity index is 1.59. The highest BCUT2D eigenvalue weighted by atomic mass is 16.5. The molecule has 2 aromatic rings. The predicted molar refractivity (Wildman–Crippen MR) is 94.6 cm³/mol. The van der Waals surface area contributed by atoms with Crippen LogP contribution in [0.25, 0.3) is 0 Å². The maximum atomic E-state index is 12.5. The maximum absolute atomic E-state index is 12.5. The van der Waals surface area contributed by atoms with Gasteiger partial charge in [-0.2, -0.15) is 0 Å². The number of nitrogens with two attached hydrogens (primary N) is 1. The van der Waals surface area contributed by atoms with Crippen molar-refractivity contribution >= 4 is 17.3 Å². The molecule has 0 saturated carbocycles. The van der Waals surface area contributed by atoms with Crippen molar-refractivity contribution in [2.24, 2.45) is 0 Å². The fraction of sp³-hybridized carbons (Fsp3) is 0.316. The molecule has 0 bridgehead atoms. The molecule has 126 valence electrons. The first-order valence-corrected chi connectivity index (χ1v) is 8.13. The van der Waals surface area contributed by atoms with Crippen LogP contribution < -0.4 is 20.1 Å². The van der Waals surface area contributed by atoms with E-state index in [1.807, 2.05) is 47.4 Å². The van der Waals surface area contributed by atoms with Crippen LogP contribution in [-0.4, -0.2) is 26.2 Å². The molecule has 0 aromatic heterocycles. The molecule has 0 spiro atoms. The molecule has 0 unspecified atom stereocenters. The second-order valence-electron chi connectivity index (χ2n) is 5.77. The fourth-order valence-corrected chi connectivity index (χ4v) is 2.97. The number of fused-ring (bicyclic) bond motifs is 1. The molecule has 0 saturated heterocycles. The number of rotatable bonds is 5. The Kier molecular flexibility index (Phi) is 4.89. The summed E-state index contributed by atoms with van der Waals surface area (Å²) >= 11 is 0. The van der Waals surface area contributed by atoms with Gasteiger partial charge in [0.2, 0.25) is 5.91 Å². The third-order valence-electron chi connectivity index (χ3n) is 4.23. The highest BCUT2D eigenvalue weighted by Crippen LogP contribution is 2.31. The third-order valence-corrected chi connectivity index (χ3v) is 4.23. The Morgan fingerprint density at radius 3 is 2.67 bits per heavy atom. The van der Waals surface area contributed by atoms with Crippen molar-refractivity contribution in [3.63, 3.8) is 0 Å². The Morgan fingerprint density at radius 2 is 1.92 bits per heavy atom. The molecular formula is C19H22N2O3. The van der Waals surface area contributed by atoms with E-state index in [4.69, 9.17) is 15.2 Å². The van der Waals surface area contributed by atoms with Crippen LogP contribution in [0.1, 0.15) is 18.4 Å². The van der Waals surface area contributed by atoms with Gasteiger partial charge in [0.15, 0.2) is 0 Å². The largest absolute Gasteiger partial charge is 0.497 e. The SMILES string of the molecule is COc1ccc(OCCC(=O)N2CCCc3c(N)cccc32)cc1. The molecule has 1 amide bonds. The summed E-state index contributed by atoms with van der Waals surface area (Å²) in [6, 6.07) is 13.1. The second kappa shape index (κ2) is 7.25. The van der Waals surface area contributed by atoms with Gasteiger partial charge in [-0.05, 0) is 54.8 Å².